The zero-order valence-corrected chi connectivity index (χ0v) is 10.2. The largest absolute Gasteiger partial charge is 0.369 e. The number of amides is 1. The summed E-state index contributed by atoms with van der Waals surface area (Å²) in [4.78, 5) is 13.7. The fourth-order valence-electron chi connectivity index (χ4n) is 2.07. The third-order valence-corrected chi connectivity index (χ3v) is 2.54. The molecule has 1 fully saturated rings. The van der Waals surface area contributed by atoms with Gasteiger partial charge in [0.05, 0.1) is 17.7 Å². The first-order valence-corrected chi connectivity index (χ1v) is 5.51. The number of rotatable bonds is 2. The van der Waals surface area contributed by atoms with Gasteiger partial charge in [0.1, 0.15) is 0 Å². The lowest BCUT2D eigenvalue weighted by Crippen LogP contribution is -2.57. The molecule has 0 saturated carbocycles. The molecule has 0 aromatic rings. The number of nitrogens with zero attached hydrogens (tertiary/aromatic N) is 1. The summed E-state index contributed by atoms with van der Waals surface area (Å²) < 4.78 is 5.72. The minimum atomic E-state index is -0.592. The fourth-order valence-corrected chi connectivity index (χ4v) is 2.07. The van der Waals surface area contributed by atoms with Crippen LogP contribution >= 0.6 is 0 Å². The van der Waals surface area contributed by atoms with Crippen molar-refractivity contribution in [3.63, 3.8) is 0 Å². The predicted octanol–water partition coefficient (Wildman–Crippen LogP) is 0.363. The molecule has 0 spiro atoms. The van der Waals surface area contributed by atoms with Crippen LogP contribution in [0.4, 0.5) is 0 Å². The van der Waals surface area contributed by atoms with E-state index < -0.39 is 6.04 Å². The summed E-state index contributed by atoms with van der Waals surface area (Å²) in [6.45, 7) is 7.04. The van der Waals surface area contributed by atoms with Gasteiger partial charge < -0.3 is 15.4 Å². The first kappa shape index (κ1) is 13.0. The van der Waals surface area contributed by atoms with E-state index >= 15 is 0 Å². The molecule has 0 aromatic carbocycles. The molecule has 1 rings (SSSR count). The summed E-state index contributed by atoms with van der Waals surface area (Å²) in [5.74, 6) is 2.33. The van der Waals surface area contributed by atoms with Gasteiger partial charge >= 0.3 is 0 Å². The summed E-state index contributed by atoms with van der Waals surface area (Å²) in [6.07, 6.45) is 5.47. The van der Waals surface area contributed by atoms with Crippen LogP contribution in [-0.2, 0) is 9.53 Å². The highest BCUT2D eigenvalue weighted by molar-refractivity contribution is 5.82. The first-order chi connectivity index (χ1) is 7.35. The van der Waals surface area contributed by atoms with Crippen molar-refractivity contribution in [2.24, 2.45) is 5.73 Å². The molecule has 1 aliphatic heterocycles. The van der Waals surface area contributed by atoms with Crippen molar-refractivity contribution < 1.29 is 9.53 Å². The number of carbonyl (C=O) groups excluding carboxylic acids is 1. The fraction of sp³-hybridized carbons (Fsp3) is 0.750. The van der Waals surface area contributed by atoms with Crippen LogP contribution in [0.5, 0.6) is 0 Å². The van der Waals surface area contributed by atoms with E-state index in [4.69, 9.17) is 16.9 Å². The summed E-state index contributed by atoms with van der Waals surface area (Å²) in [5, 5.41) is 0. The molecule has 90 valence electrons. The van der Waals surface area contributed by atoms with Gasteiger partial charge in [0.25, 0.3) is 0 Å². The van der Waals surface area contributed by atoms with Gasteiger partial charge in [-0.15, -0.1) is 12.3 Å². The molecule has 1 heterocycles. The van der Waals surface area contributed by atoms with Gasteiger partial charge in [-0.3, -0.25) is 4.79 Å². The first-order valence-electron chi connectivity index (χ1n) is 5.51. The summed E-state index contributed by atoms with van der Waals surface area (Å²) in [6, 6.07) is -0.592. The number of hydrogen-bond donors (Lipinski definition) is 1. The van der Waals surface area contributed by atoms with E-state index in [0.29, 0.717) is 13.1 Å². The van der Waals surface area contributed by atoms with E-state index in [1.54, 1.807) is 4.90 Å². The Bertz CT molecular complexity index is 307. The maximum absolute atomic E-state index is 12.0. The Hall–Kier alpha value is -1.05. The number of carbonyl (C=O) groups is 1. The van der Waals surface area contributed by atoms with E-state index in [-0.39, 0.29) is 24.0 Å². The van der Waals surface area contributed by atoms with Crippen molar-refractivity contribution >= 4 is 5.91 Å². The van der Waals surface area contributed by atoms with Crippen LogP contribution in [0, 0.1) is 12.3 Å². The Kier molecular flexibility index (Phi) is 3.95. The topological polar surface area (TPSA) is 55.6 Å². The van der Waals surface area contributed by atoms with E-state index in [9.17, 15) is 4.79 Å². The third-order valence-electron chi connectivity index (χ3n) is 2.54. The molecule has 2 N–H and O–H groups in total. The molecule has 4 nitrogen and oxygen atoms in total. The van der Waals surface area contributed by atoms with Crippen molar-refractivity contribution in [2.45, 2.75) is 44.9 Å². The van der Waals surface area contributed by atoms with E-state index in [2.05, 4.69) is 5.92 Å². The van der Waals surface area contributed by atoms with Gasteiger partial charge in [-0.1, -0.05) is 0 Å². The average molecular weight is 224 g/mol. The molecular weight excluding hydrogens is 204 g/mol. The number of ether oxygens (including phenoxy) is 1. The van der Waals surface area contributed by atoms with Gasteiger partial charge in [0.2, 0.25) is 5.91 Å². The van der Waals surface area contributed by atoms with Crippen molar-refractivity contribution in [1.29, 1.82) is 0 Å². The number of hydrogen-bond acceptors (Lipinski definition) is 3. The van der Waals surface area contributed by atoms with Crippen LogP contribution in [0.3, 0.4) is 0 Å². The number of terminal acetylenes is 1. The predicted molar refractivity (Wildman–Crippen MR) is 62.6 cm³/mol. The molecule has 2 unspecified atom stereocenters. The highest BCUT2D eigenvalue weighted by Crippen LogP contribution is 2.21. The zero-order valence-electron chi connectivity index (χ0n) is 10.2. The molecule has 16 heavy (non-hydrogen) atoms. The molecule has 2 atom stereocenters. The lowest BCUT2D eigenvalue weighted by Gasteiger charge is -2.42. The number of morpholine rings is 1. The van der Waals surface area contributed by atoms with Crippen molar-refractivity contribution in [3.8, 4) is 12.3 Å². The van der Waals surface area contributed by atoms with Crippen molar-refractivity contribution in [2.75, 3.05) is 13.1 Å². The Morgan fingerprint density at radius 2 is 2.38 bits per heavy atom. The van der Waals surface area contributed by atoms with Gasteiger partial charge in [-0.2, -0.15) is 0 Å². The second-order valence-corrected chi connectivity index (χ2v) is 4.92. The summed E-state index contributed by atoms with van der Waals surface area (Å²) >= 11 is 0. The molecule has 1 saturated heterocycles. The Morgan fingerprint density at radius 1 is 1.75 bits per heavy atom. The maximum atomic E-state index is 12.0. The average Bonchev–Trinajstić information content (AvgIpc) is 2.13. The maximum Gasteiger partial charge on any atom is 0.240 e. The van der Waals surface area contributed by atoms with E-state index in [0.717, 1.165) is 0 Å². The molecule has 0 aromatic heterocycles. The zero-order chi connectivity index (χ0) is 12.3. The standard InChI is InChI=1S/C12H20N2O2/c1-5-6-10(13)11(15)14-7-9(2)16-12(3,4)8-14/h1,9-10H,6-8,13H2,2-4H3. The number of nitrogens with two attached hydrogens (primary N) is 1. The van der Waals surface area contributed by atoms with Gasteiger partial charge in [-0.05, 0) is 20.8 Å². The smallest absolute Gasteiger partial charge is 0.240 e. The molecule has 1 aliphatic rings. The quantitative estimate of drug-likeness (QED) is 0.689. The molecule has 1 amide bonds. The molecule has 0 radical (unpaired) electrons. The van der Waals surface area contributed by atoms with Crippen LogP contribution in [0.25, 0.3) is 0 Å². The summed E-state index contributed by atoms with van der Waals surface area (Å²) in [7, 11) is 0. The Balaban J connectivity index is 2.66. The molecular formula is C12H20N2O2. The highest BCUT2D eigenvalue weighted by atomic mass is 16.5. The SMILES string of the molecule is C#CCC(N)C(=O)N1CC(C)OC(C)(C)C1. The van der Waals surface area contributed by atoms with Crippen molar-refractivity contribution in [3.05, 3.63) is 0 Å². The normalized spacial score (nSPS) is 25.9. The highest BCUT2D eigenvalue weighted by Gasteiger charge is 2.34. The van der Waals surface area contributed by atoms with E-state index in [1.807, 2.05) is 20.8 Å². The minimum absolute atomic E-state index is 0.0331. The third kappa shape index (κ3) is 3.22. The lowest BCUT2D eigenvalue weighted by atomic mass is 10.0. The molecule has 4 heteroatoms. The van der Waals surface area contributed by atoms with Crippen LogP contribution in [0.2, 0.25) is 0 Å². The second-order valence-electron chi connectivity index (χ2n) is 4.92. The second kappa shape index (κ2) is 4.86. The van der Waals surface area contributed by atoms with Crippen LogP contribution in [-0.4, -0.2) is 41.6 Å². The molecule has 0 aliphatic carbocycles. The summed E-state index contributed by atoms with van der Waals surface area (Å²) in [5.41, 5.74) is 5.40. The Labute approximate surface area is 97.1 Å². The minimum Gasteiger partial charge on any atom is -0.369 e. The van der Waals surface area contributed by atoms with E-state index in [1.165, 1.54) is 0 Å². The van der Waals surface area contributed by atoms with Crippen LogP contribution in [0.1, 0.15) is 27.2 Å². The van der Waals surface area contributed by atoms with Gasteiger partial charge in [-0.25, -0.2) is 0 Å². The lowest BCUT2D eigenvalue weighted by molar-refractivity contribution is -0.159. The monoisotopic (exact) mass is 224 g/mol. The van der Waals surface area contributed by atoms with Crippen LogP contribution < -0.4 is 5.73 Å². The van der Waals surface area contributed by atoms with Crippen molar-refractivity contribution in [1.82, 2.24) is 4.90 Å². The van der Waals surface area contributed by atoms with Crippen LogP contribution in [0.15, 0.2) is 0 Å². The Morgan fingerprint density at radius 3 is 2.88 bits per heavy atom. The molecule has 0 bridgehead atoms. The van der Waals surface area contributed by atoms with Gasteiger partial charge in [0, 0.05) is 19.5 Å². The van der Waals surface area contributed by atoms with Gasteiger partial charge in [0.15, 0.2) is 0 Å².